The zero-order valence-electron chi connectivity index (χ0n) is 12.9. The first-order valence-electron chi connectivity index (χ1n) is 6.53. The molecule has 0 radical (unpaired) electrons. The van der Waals surface area contributed by atoms with Crippen molar-refractivity contribution in [3.8, 4) is 0 Å². The number of rotatable bonds is 6. The van der Waals surface area contributed by atoms with Gasteiger partial charge >= 0.3 is 0 Å². The van der Waals surface area contributed by atoms with E-state index in [9.17, 15) is 0 Å². The minimum absolute atomic E-state index is 0.187. The van der Waals surface area contributed by atoms with Gasteiger partial charge in [0, 0.05) is 6.54 Å². The van der Waals surface area contributed by atoms with Crippen LogP contribution in [0.5, 0.6) is 0 Å². The lowest BCUT2D eigenvalue weighted by atomic mass is 9.89. The van der Waals surface area contributed by atoms with Crippen LogP contribution in [0, 0.1) is 5.41 Å². The van der Waals surface area contributed by atoms with Gasteiger partial charge in [0.15, 0.2) is 9.04 Å². The van der Waals surface area contributed by atoms with Crippen LogP contribution in [0.15, 0.2) is 0 Å². The van der Waals surface area contributed by atoms with E-state index in [0.29, 0.717) is 6.54 Å². The fraction of sp³-hybridized carbons (Fsp3) is 1.00. The first-order valence-corrected chi connectivity index (χ1v) is 9.31. The Bertz CT molecular complexity index is 210. The minimum atomic E-state index is -1.21. The first-order chi connectivity index (χ1) is 8.56. The van der Waals surface area contributed by atoms with Gasteiger partial charge in [0.05, 0.1) is 31.5 Å². The molecule has 0 aromatic heterocycles. The van der Waals surface area contributed by atoms with E-state index >= 15 is 0 Å². The van der Waals surface area contributed by atoms with Crippen molar-refractivity contribution in [1.82, 2.24) is 0 Å². The summed E-state index contributed by atoms with van der Waals surface area (Å²) in [5, 5.41) is 25.0. The van der Waals surface area contributed by atoms with Gasteiger partial charge < -0.3 is 31.2 Å². The van der Waals surface area contributed by atoms with E-state index in [-0.39, 0.29) is 11.5 Å². The Morgan fingerprint density at radius 1 is 1.05 bits per heavy atom. The van der Waals surface area contributed by atoms with Crippen LogP contribution in [0.1, 0.15) is 20.8 Å². The number of aliphatic hydroxyl groups is 3. The Labute approximate surface area is 118 Å². The van der Waals surface area contributed by atoms with E-state index in [0.717, 1.165) is 0 Å². The van der Waals surface area contributed by atoms with Crippen molar-refractivity contribution < 1.29 is 19.7 Å². The molecule has 0 amide bonds. The molecule has 0 aliphatic heterocycles. The van der Waals surface area contributed by atoms with Crippen LogP contribution in [-0.2, 0) is 4.43 Å². The molecule has 1 atom stereocenters. The first kappa shape index (κ1) is 21.3. The van der Waals surface area contributed by atoms with Gasteiger partial charge in [0.2, 0.25) is 0 Å². The number of hydrogen-bond donors (Lipinski definition) is 5. The summed E-state index contributed by atoms with van der Waals surface area (Å²) in [6.07, 6.45) is 0.231. The Morgan fingerprint density at radius 3 is 1.47 bits per heavy atom. The molecule has 0 fully saturated rings. The fourth-order valence-corrected chi connectivity index (χ4v) is 2.27. The number of hydrogen-bond acceptors (Lipinski definition) is 6. The molecule has 0 rings (SSSR count). The molecule has 19 heavy (non-hydrogen) atoms. The molecule has 0 saturated heterocycles. The number of aliphatic hydroxyl groups excluding tert-OH is 3. The molecule has 0 heterocycles. The molecular weight excluding hydrogens is 264 g/mol. The van der Waals surface area contributed by atoms with Gasteiger partial charge in [0.25, 0.3) is 0 Å². The van der Waals surface area contributed by atoms with E-state index in [1.165, 1.54) is 0 Å². The highest BCUT2D eigenvalue weighted by atomic mass is 28.3. The van der Waals surface area contributed by atoms with E-state index < -0.39 is 34.4 Å². The zero-order valence-corrected chi connectivity index (χ0v) is 14.0. The Morgan fingerprint density at radius 2 is 1.42 bits per heavy atom. The van der Waals surface area contributed by atoms with Crippen LogP contribution >= 0.6 is 0 Å². The summed E-state index contributed by atoms with van der Waals surface area (Å²) in [6.45, 7) is 10.3. The van der Waals surface area contributed by atoms with Crippen molar-refractivity contribution in [2.45, 2.75) is 45.5 Å². The van der Waals surface area contributed by atoms with E-state index in [1.807, 2.05) is 0 Å². The summed E-state index contributed by atoms with van der Waals surface area (Å²) in [5.74, 6) is 0. The average Bonchev–Trinajstić information content (AvgIpc) is 2.34. The molecule has 1 unspecified atom stereocenters. The highest BCUT2D eigenvalue weighted by Crippen LogP contribution is 2.21. The van der Waals surface area contributed by atoms with Gasteiger partial charge in [0.1, 0.15) is 0 Å². The van der Waals surface area contributed by atoms with Crippen LogP contribution in [0.3, 0.4) is 0 Å². The number of nitrogens with two attached hydrogens (primary N) is 2. The summed E-state index contributed by atoms with van der Waals surface area (Å²) in [4.78, 5) is 0. The highest BCUT2D eigenvalue weighted by Gasteiger charge is 2.24. The van der Waals surface area contributed by atoms with Crippen LogP contribution in [0.25, 0.3) is 0 Å². The monoisotopic (exact) mass is 296 g/mol. The smallest absolute Gasteiger partial charge is 0.171 e. The van der Waals surface area contributed by atoms with Crippen molar-refractivity contribution in [3.63, 3.8) is 0 Å². The molecule has 0 spiro atoms. The summed E-state index contributed by atoms with van der Waals surface area (Å²) in [5.41, 5.74) is 9.73. The standard InChI is InChI=1S/C8H21NOSi.C4H11NO3/c1-8(2,3)7(6-9)10-11(4)5;5-4(1-6,2-7)3-8/h7,11H,6,9H2,1-5H3;6-8H,1-3,5H2. The van der Waals surface area contributed by atoms with Crippen LogP contribution in [0.4, 0.5) is 0 Å². The van der Waals surface area contributed by atoms with Gasteiger partial charge in [-0.25, -0.2) is 0 Å². The third kappa shape index (κ3) is 10.4. The van der Waals surface area contributed by atoms with Crippen molar-refractivity contribution in [2.75, 3.05) is 26.4 Å². The van der Waals surface area contributed by atoms with Crippen molar-refractivity contribution >= 4 is 9.04 Å². The maximum atomic E-state index is 8.34. The largest absolute Gasteiger partial charge is 0.416 e. The predicted molar refractivity (Wildman–Crippen MR) is 80.4 cm³/mol. The second-order valence-electron chi connectivity index (χ2n) is 6.11. The Balaban J connectivity index is 0. The fourth-order valence-electron chi connectivity index (χ4n) is 1.09. The lowest BCUT2D eigenvalue weighted by Gasteiger charge is -2.31. The molecule has 0 bridgehead atoms. The van der Waals surface area contributed by atoms with Gasteiger partial charge in [-0.05, 0) is 18.5 Å². The molecule has 7 N–H and O–H groups in total. The summed E-state index contributed by atoms with van der Waals surface area (Å²) in [7, 11) is -0.926. The Hall–Kier alpha value is -0.0231. The maximum absolute atomic E-state index is 8.34. The minimum Gasteiger partial charge on any atom is -0.416 e. The van der Waals surface area contributed by atoms with Crippen molar-refractivity contribution in [2.24, 2.45) is 16.9 Å². The molecular formula is C12H32N2O4Si. The van der Waals surface area contributed by atoms with Crippen molar-refractivity contribution in [1.29, 1.82) is 0 Å². The molecule has 118 valence electrons. The normalized spacial score (nSPS) is 14.1. The third-order valence-electron chi connectivity index (χ3n) is 2.56. The summed E-state index contributed by atoms with van der Waals surface area (Å²) < 4.78 is 5.78. The van der Waals surface area contributed by atoms with Crippen LogP contribution in [0.2, 0.25) is 13.1 Å². The Kier molecular flexibility index (Phi) is 11.0. The van der Waals surface area contributed by atoms with Crippen LogP contribution in [-0.4, -0.2) is 62.4 Å². The predicted octanol–water partition coefficient (Wildman–Crippen LogP) is -0.979. The van der Waals surface area contributed by atoms with Crippen molar-refractivity contribution in [3.05, 3.63) is 0 Å². The van der Waals surface area contributed by atoms with Crippen LogP contribution < -0.4 is 11.5 Å². The van der Waals surface area contributed by atoms with Gasteiger partial charge in [-0.3, -0.25) is 0 Å². The van der Waals surface area contributed by atoms with Gasteiger partial charge in [-0.2, -0.15) is 0 Å². The molecule has 0 saturated carbocycles. The molecule has 0 aromatic rings. The topological polar surface area (TPSA) is 122 Å². The molecule has 6 nitrogen and oxygen atoms in total. The average molecular weight is 296 g/mol. The third-order valence-corrected chi connectivity index (χ3v) is 3.43. The maximum Gasteiger partial charge on any atom is 0.171 e. The van der Waals surface area contributed by atoms with E-state index in [4.69, 9.17) is 31.2 Å². The highest BCUT2D eigenvalue weighted by molar-refractivity contribution is 6.48. The molecule has 0 aliphatic rings. The lowest BCUT2D eigenvalue weighted by Crippen LogP contribution is -2.50. The van der Waals surface area contributed by atoms with Gasteiger partial charge in [-0.15, -0.1) is 0 Å². The second kappa shape index (κ2) is 9.81. The van der Waals surface area contributed by atoms with E-state index in [2.05, 4.69) is 33.9 Å². The SMILES string of the molecule is C[SiH](C)OC(CN)C(C)(C)C.NC(CO)(CO)CO. The summed E-state index contributed by atoms with van der Waals surface area (Å²) in [6, 6.07) is 0. The zero-order chi connectivity index (χ0) is 15.7. The van der Waals surface area contributed by atoms with Gasteiger partial charge in [-0.1, -0.05) is 20.8 Å². The molecule has 0 aromatic carbocycles. The van der Waals surface area contributed by atoms with E-state index in [1.54, 1.807) is 0 Å². The lowest BCUT2D eigenvalue weighted by molar-refractivity contribution is 0.0698. The molecule has 0 aliphatic carbocycles. The summed E-state index contributed by atoms with van der Waals surface area (Å²) >= 11 is 0. The quantitative estimate of drug-likeness (QED) is 0.402. The second-order valence-corrected chi connectivity index (χ2v) is 8.48. The molecule has 7 heteroatoms.